The number of hydrogen-bond donors (Lipinski definition) is 1. The molecule has 2 heterocycles. The molecular formula is C10H6BrClN2O3S. The maximum Gasteiger partial charge on any atom is 0.328 e. The van der Waals surface area contributed by atoms with Gasteiger partial charge in [-0.1, -0.05) is 11.6 Å². The Balaban J connectivity index is 2.30. The average molecular weight is 350 g/mol. The van der Waals surface area contributed by atoms with E-state index in [9.17, 15) is 14.4 Å². The Kier molecular flexibility index (Phi) is 3.84. The zero-order valence-corrected chi connectivity index (χ0v) is 11.9. The minimum absolute atomic E-state index is 0.130. The van der Waals surface area contributed by atoms with Gasteiger partial charge in [-0.05, 0) is 28.1 Å². The lowest BCUT2D eigenvalue weighted by Gasteiger charge is -2.02. The summed E-state index contributed by atoms with van der Waals surface area (Å²) in [6.07, 6.45) is 1.16. The monoisotopic (exact) mass is 348 g/mol. The van der Waals surface area contributed by atoms with E-state index >= 15 is 0 Å². The third kappa shape index (κ3) is 2.80. The molecule has 8 heteroatoms. The molecule has 0 fully saturated rings. The number of hydrogen-bond acceptors (Lipinski definition) is 4. The fourth-order valence-corrected chi connectivity index (χ4v) is 2.78. The van der Waals surface area contributed by atoms with Crippen LogP contribution >= 0.6 is 38.9 Å². The normalized spacial score (nSPS) is 10.6. The number of nitrogens with one attached hydrogen (secondary N) is 1. The van der Waals surface area contributed by atoms with E-state index in [1.165, 1.54) is 11.3 Å². The van der Waals surface area contributed by atoms with Crippen molar-refractivity contribution >= 4 is 44.7 Å². The Morgan fingerprint density at radius 3 is 2.78 bits per heavy atom. The van der Waals surface area contributed by atoms with Crippen molar-refractivity contribution < 1.29 is 4.79 Å². The van der Waals surface area contributed by atoms with Crippen molar-refractivity contribution in [1.82, 2.24) is 9.55 Å². The van der Waals surface area contributed by atoms with Crippen LogP contribution in [-0.4, -0.2) is 15.3 Å². The third-order valence-electron chi connectivity index (χ3n) is 2.13. The van der Waals surface area contributed by atoms with Gasteiger partial charge in [0.05, 0.1) is 15.2 Å². The number of carbonyl (C=O) groups excluding carboxylic acids is 1. The maximum absolute atomic E-state index is 11.9. The molecule has 2 rings (SSSR count). The number of H-pyrrole nitrogens is 1. The van der Waals surface area contributed by atoms with Crippen LogP contribution in [0.25, 0.3) is 0 Å². The van der Waals surface area contributed by atoms with Crippen molar-refractivity contribution in [2.75, 3.05) is 0 Å². The molecule has 0 saturated heterocycles. The van der Waals surface area contributed by atoms with Crippen LogP contribution in [0.4, 0.5) is 0 Å². The number of halogens is 2. The minimum Gasteiger partial charge on any atom is -0.291 e. The predicted molar refractivity (Wildman–Crippen MR) is 72.7 cm³/mol. The van der Waals surface area contributed by atoms with Crippen molar-refractivity contribution in [3.8, 4) is 0 Å². The lowest BCUT2D eigenvalue weighted by Crippen LogP contribution is -2.31. The zero-order valence-electron chi connectivity index (χ0n) is 8.78. The fraction of sp³-hybridized carbons (Fsp3) is 0.100. The van der Waals surface area contributed by atoms with Crippen LogP contribution in [0.5, 0.6) is 0 Å². The molecule has 0 aliphatic carbocycles. The summed E-state index contributed by atoms with van der Waals surface area (Å²) in [5.74, 6) is -0.226. The lowest BCUT2D eigenvalue weighted by molar-refractivity contribution is 0.0974. The van der Waals surface area contributed by atoms with E-state index in [0.29, 0.717) is 4.88 Å². The highest BCUT2D eigenvalue weighted by molar-refractivity contribution is 9.11. The quantitative estimate of drug-likeness (QED) is 0.860. The van der Waals surface area contributed by atoms with Gasteiger partial charge in [0.2, 0.25) is 0 Å². The first kappa shape index (κ1) is 13.3. The molecule has 0 spiro atoms. The number of nitrogens with zero attached hydrogens (tertiary/aromatic N) is 1. The summed E-state index contributed by atoms with van der Waals surface area (Å²) in [6, 6.07) is 3.41. The van der Waals surface area contributed by atoms with E-state index < -0.39 is 11.2 Å². The van der Waals surface area contributed by atoms with Gasteiger partial charge in [-0.2, -0.15) is 0 Å². The Bertz CT molecular complexity index is 718. The van der Waals surface area contributed by atoms with Crippen molar-refractivity contribution in [1.29, 1.82) is 0 Å². The third-order valence-corrected chi connectivity index (χ3v) is 4.06. The summed E-state index contributed by atoms with van der Waals surface area (Å²) in [6.45, 7) is -0.164. The largest absolute Gasteiger partial charge is 0.328 e. The smallest absolute Gasteiger partial charge is 0.291 e. The second-order valence-corrected chi connectivity index (χ2v) is 6.26. The number of rotatable bonds is 3. The molecule has 0 atom stereocenters. The zero-order chi connectivity index (χ0) is 13.3. The molecule has 0 amide bonds. The van der Waals surface area contributed by atoms with Gasteiger partial charge in [-0.25, -0.2) is 4.79 Å². The Morgan fingerprint density at radius 1 is 1.44 bits per heavy atom. The van der Waals surface area contributed by atoms with Crippen LogP contribution in [0.15, 0.2) is 31.7 Å². The molecule has 0 aliphatic rings. The lowest BCUT2D eigenvalue weighted by atomic mass is 10.3. The van der Waals surface area contributed by atoms with E-state index in [0.717, 1.165) is 14.6 Å². The molecule has 0 saturated carbocycles. The highest BCUT2D eigenvalue weighted by Crippen LogP contribution is 2.22. The molecular weight excluding hydrogens is 344 g/mol. The van der Waals surface area contributed by atoms with Crippen LogP contribution < -0.4 is 11.2 Å². The van der Waals surface area contributed by atoms with E-state index in [4.69, 9.17) is 11.6 Å². The first-order valence-electron chi connectivity index (χ1n) is 4.75. The fourth-order valence-electron chi connectivity index (χ4n) is 1.30. The number of aromatic amines is 1. The Labute approximate surface area is 118 Å². The van der Waals surface area contributed by atoms with E-state index in [2.05, 4.69) is 15.9 Å². The molecule has 0 unspecified atom stereocenters. The second kappa shape index (κ2) is 5.21. The predicted octanol–water partition coefficient (Wildman–Crippen LogP) is 1.90. The highest BCUT2D eigenvalue weighted by atomic mass is 79.9. The van der Waals surface area contributed by atoms with Crippen LogP contribution in [0.2, 0.25) is 5.02 Å². The molecule has 0 radical (unpaired) electrons. The minimum atomic E-state index is -0.663. The number of Topliss-reactive ketones (excluding diaryl/α,β-unsaturated/α-hetero) is 1. The van der Waals surface area contributed by atoms with Gasteiger partial charge in [0.1, 0.15) is 5.02 Å². The number of ketones is 1. The van der Waals surface area contributed by atoms with Crippen LogP contribution in [0, 0.1) is 0 Å². The standard InChI is InChI=1S/C10H6BrClN2O3S/c11-8-2-1-7(18-8)6(15)4-14-3-5(12)9(16)13-10(14)17/h1-3H,4H2,(H,13,16,17). The van der Waals surface area contributed by atoms with E-state index in [1.807, 2.05) is 4.98 Å². The maximum atomic E-state index is 11.9. The number of carbonyl (C=O) groups is 1. The summed E-state index contributed by atoms with van der Waals surface area (Å²) in [4.78, 5) is 36.9. The molecule has 1 N–H and O–H groups in total. The molecule has 2 aromatic rings. The highest BCUT2D eigenvalue weighted by Gasteiger charge is 2.11. The van der Waals surface area contributed by atoms with Crippen LogP contribution in [0.3, 0.4) is 0 Å². The van der Waals surface area contributed by atoms with Gasteiger partial charge in [0.25, 0.3) is 5.56 Å². The SMILES string of the molecule is O=C(Cn1cc(Cl)c(=O)[nH]c1=O)c1ccc(Br)s1. The van der Waals surface area contributed by atoms with Crippen molar-refractivity contribution in [3.05, 3.63) is 52.9 Å². The Morgan fingerprint density at radius 2 is 2.17 bits per heavy atom. The summed E-state index contributed by atoms with van der Waals surface area (Å²) in [7, 11) is 0. The number of aromatic nitrogens is 2. The van der Waals surface area contributed by atoms with Gasteiger partial charge < -0.3 is 0 Å². The second-order valence-electron chi connectivity index (χ2n) is 3.39. The van der Waals surface area contributed by atoms with Gasteiger partial charge in [-0.15, -0.1) is 11.3 Å². The molecule has 5 nitrogen and oxygen atoms in total. The first-order valence-corrected chi connectivity index (χ1v) is 6.74. The van der Waals surface area contributed by atoms with Crippen molar-refractivity contribution in [2.24, 2.45) is 0 Å². The molecule has 94 valence electrons. The molecule has 0 bridgehead atoms. The number of thiophene rings is 1. The Hall–Kier alpha value is -1.18. The summed E-state index contributed by atoms with van der Waals surface area (Å²) in [5, 5.41) is -0.130. The van der Waals surface area contributed by atoms with Crippen LogP contribution in [0.1, 0.15) is 9.67 Å². The molecule has 0 aromatic carbocycles. The summed E-state index contributed by atoms with van der Waals surface area (Å²) >= 11 is 10.1. The van der Waals surface area contributed by atoms with Crippen molar-refractivity contribution in [3.63, 3.8) is 0 Å². The summed E-state index contributed by atoms with van der Waals surface area (Å²) < 4.78 is 1.90. The molecule has 2 aromatic heterocycles. The first-order chi connectivity index (χ1) is 8.47. The topological polar surface area (TPSA) is 71.9 Å². The van der Waals surface area contributed by atoms with Gasteiger partial charge >= 0.3 is 5.69 Å². The van der Waals surface area contributed by atoms with Crippen molar-refractivity contribution in [2.45, 2.75) is 6.54 Å². The molecule has 0 aliphatic heterocycles. The van der Waals surface area contributed by atoms with E-state index in [1.54, 1.807) is 12.1 Å². The average Bonchev–Trinajstić information content (AvgIpc) is 2.73. The van der Waals surface area contributed by atoms with Gasteiger partial charge in [0.15, 0.2) is 5.78 Å². The van der Waals surface area contributed by atoms with Crippen LogP contribution in [-0.2, 0) is 6.54 Å². The van der Waals surface area contributed by atoms with E-state index in [-0.39, 0.29) is 17.4 Å². The van der Waals surface area contributed by atoms with Gasteiger partial charge in [-0.3, -0.25) is 19.1 Å². The molecule has 18 heavy (non-hydrogen) atoms. The summed E-state index contributed by atoms with van der Waals surface area (Å²) in [5.41, 5.74) is -1.32. The van der Waals surface area contributed by atoms with Gasteiger partial charge in [0, 0.05) is 6.20 Å².